The minimum atomic E-state index is -0.288. The average molecular weight is 548 g/mol. The molecule has 0 N–H and O–H groups in total. The summed E-state index contributed by atoms with van der Waals surface area (Å²) in [6, 6.07) is 15.6. The third kappa shape index (κ3) is 4.48. The Morgan fingerprint density at radius 1 is 1.00 bits per heavy atom. The normalized spacial score (nSPS) is 17.3. The number of thioether (sulfide) groups is 1. The number of thiocarbonyl (C=S) groups is 1. The molecule has 6 rings (SSSR count). The molecule has 11 heteroatoms. The van der Waals surface area contributed by atoms with Crippen LogP contribution in [0.1, 0.15) is 11.3 Å². The van der Waals surface area contributed by atoms with Gasteiger partial charge in [0.1, 0.15) is 27.4 Å². The van der Waals surface area contributed by atoms with Crippen molar-refractivity contribution in [2.75, 3.05) is 36.0 Å². The highest BCUT2D eigenvalue weighted by Gasteiger charge is 2.34. The zero-order valence-electron chi connectivity index (χ0n) is 20.1. The zero-order valence-corrected chi connectivity index (χ0v) is 21.8. The molecule has 2 saturated heterocycles. The van der Waals surface area contributed by atoms with Crippen molar-refractivity contribution in [1.82, 2.24) is 14.3 Å². The number of halogens is 1. The van der Waals surface area contributed by atoms with Crippen molar-refractivity contribution in [1.29, 1.82) is 0 Å². The molecule has 8 nitrogen and oxygen atoms in total. The number of anilines is 2. The summed E-state index contributed by atoms with van der Waals surface area (Å²) in [5.74, 6) is 0.554. The molecule has 0 atom stereocenters. The number of furan rings is 1. The molecule has 4 aromatic rings. The van der Waals surface area contributed by atoms with E-state index in [4.69, 9.17) is 21.6 Å². The summed E-state index contributed by atoms with van der Waals surface area (Å²) in [4.78, 5) is 37.5. The van der Waals surface area contributed by atoms with E-state index in [9.17, 15) is 14.0 Å². The summed E-state index contributed by atoms with van der Waals surface area (Å²) in [7, 11) is 0. The second kappa shape index (κ2) is 10.1. The third-order valence-corrected chi connectivity index (χ3v) is 7.94. The number of fused-ring (bicyclic) bond motifs is 1. The van der Waals surface area contributed by atoms with Crippen LogP contribution in [-0.4, -0.2) is 50.7 Å². The van der Waals surface area contributed by atoms with Crippen molar-refractivity contribution in [2.45, 2.75) is 6.54 Å². The zero-order chi connectivity index (χ0) is 26.2. The van der Waals surface area contributed by atoms with Gasteiger partial charge in [-0.1, -0.05) is 42.2 Å². The molecule has 0 radical (unpaired) electrons. The molecule has 2 fully saturated rings. The number of rotatable bonds is 5. The minimum absolute atomic E-state index is 0.217. The summed E-state index contributed by atoms with van der Waals surface area (Å²) in [5.41, 5.74) is 1.09. The molecule has 2 aliphatic rings. The van der Waals surface area contributed by atoms with E-state index in [1.54, 1.807) is 54.9 Å². The smallest absolute Gasteiger partial charge is 0.267 e. The van der Waals surface area contributed by atoms with E-state index in [1.165, 1.54) is 15.4 Å². The monoisotopic (exact) mass is 547 g/mol. The number of carbonyl (C=O) groups is 1. The Morgan fingerprint density at radius 2 is 1.76 bits per heavy atom. The van der Waals surface area contributed by atoms with Gasteiger partial charge >= 0.3 is 0 Å². The van der Waals surface area contributed by atoms with Gasteiger partial charge in [0.05, 0.1) is 29.0 Å². The van der Waals surface area contributed by atoms with Crippen LogP contribution < -0.4 is 15.4 Å². The summed E-state index contributed by atoms with van der Waals surface area (Å²) in [6.45, 7) is 2.39. The quantitative estimate of drug-likeness (QED) is 0.273. The number of carbonyl (C=O) groups excluding carboxylic acids is 1. The van der Waals surface area contributed by atoms with Crippen LogP contribution in [0.5, 0.6) is 0 Å². The summed E-state index contributed by atoms with van der Waals surface area (Å²) in [5, 5.41) is 0. The van der Waals surface area contributed by atoms with E-state index in [2.05, 4.69) is 0 Å². The van der Waals surface area contributed by atoms with Crippen LogP contribution in [-0.2, 0) is 11.3 Å². The van der Waals surface area contributed by atoms with Crippen LogP contribution >= 0.6 is 24.0 Å². The molecule has 1 aromatic carbocycles. The topological polar surface area (TPSA) is 74.3 Å². The Labute approximate surface area is 227 Å². The first-order valence-electron chi connectivity index (χ1n) is 12.0. The van der Waals surface area contributed by atoms with Crippen LogP contribution in [0.2, 0.25) is 0 Å². The standard InChI is InChI=1S/C27H22FN5O3S2/c28-20-7-1-2-8-21(20)30-11-13-31(14-12-30)24-19(25(34)32-10-4-3-9-23(32)29-24)16-22-26(35)33(27(37)38-22)17-18-6-5-15-36-18/h1-10,15-16H,11-14,17H2. The first kappa shape index (κ1) is 24.4. The van der Waals surface area contributed by atoms with Gasteiger partial charge in [0, 0.05) is 32.4 Å². The van der Waals surface area contributed by atoms with Gasteiger partial charge in [-0.15, -0.1) is 0 Å². The second-order valence-corrected chi connectivity index (χ2v) is 10.5. The van der Waals surface area contributed by atoms with Crippen molar-refractivity contribution in [2.24, 2.45) is 0 Å². The molecule has 3 aromatic heterocycles. The van der Waals surface area contributed by atoms with Crippen LogP contribution in [0.25, 0.3) is 11.7 Å². The maximum absolute atomic E-state index is 14.4. The van der Waals surface area contributed by atoms with E-state index >= 15 is 0 Å². The van der Waals surface area contributed by atoms with Crippen molar-refractivity contribution >= 4 is 57.4 Å². The van der Waals surface area contributed by atoms with Crippen LogP contribution in [0.3, 0.4) is 0 Å². The van der Waals surface area contributed by atoms with Crippen molar-refractivity contribution in [3.63, 3.8) is 0 Å². The minimum Gasteiger partial charge on any atom is -0.467 e. The molecule has 0 unspecified atom stereocenters. The number of para-hydroxylation sites is 1. The number of benzene rings is 1. The number of pyridine rings is 1. The predicted octanol–water partition coefficient (Wildman–Crippen LogP) is 4.15. The highest BCUT2D eigenvalue weighted by molar-refractivity contribution is 8.26. The number of nitrogens with zero attached hydrogens (tertiary/aromatic N) is 5. The van der Waals surface area contributed by atoms with E-state index in [-0.39, 0.29) is 23.8 Å². The fraction of sp³-hybridized carbons (Fsp3) is 0.185. The molecule has 0 saturated carbocycles. The van der Waals surface area contributed by atoms with E-state index in [1.807, 2.05) is 21.9 Å². The SMILES string of the molecule is O=C1C(=Cc2c(N3CCN(c4ccccc4F)CC3)nc3ccccn3c2=O)SC(=S)N1Cc1ccco1. The number of amides is 1. The first-order chi connectivity index (χ1) is 18.5. The Kier molecular flexibility index (Phi) is 6.46. The molecule has 2 aliphatic heterocycles. The van der Waals surface area contributed by atoms with Crippen LogP contribution in [0.4, 0.5) is 15.9 Å². The highest BCUT2D eigenvalue weighted by atomic mass is 32.2. The summed E-state index contributed by atoms with van der Waals surface area (Å²) < 4.78 is 21.6. The molecular weight excluding hydrogens is 525 g/mol. The number of hydrogen-bond acceptors (Lipinski definition) is 8. The predicted molar refractivity (Wildman–Crippen MR) is 150 cm³/mol. The summed E-state index contributed by atoms with van der Waals surface area (Å²) >= 11 is 6.61. The van der Waals surface area contributed by atoms with Gasteiger partial charge in [0.25, 0.3) is 11.5 Å². The van der Waals surface area contributed by atoms with Gasteiger partial charge in [-0.2, -0.15) is 0 Å². The van der Waals surface area contributed by atoms with E-state index < -0.39 is 0 Å². The first-order valence-corrected chi connectivity index (χ1v) is 13.3. The molecule has 0 aliphatic carbocycles. The molecule has 38 heavy (non-hydrogen) atoms. The number of piperazine rings is 1. The number of hydrogen-bond donors (Lipinski definition) is 0. The molecule has 192 valence electrons. The van der Waals surface area contributed by atoms with Gasteiger partial charge in [-0.3, -0.25) is 18.9 Å². The van der Waals surface area contributed by atoms with Crippen LogP contribution in [0, 0.1) is 5.82 Å². The molecular formula is C27H22FN5O3S2. The van der Waals surface area contributed by atoms with Gasteiger partial charge < -0.3 is 14.2 Å². The Morgan fingerprint density at radius 3 is 2.53 bits per heavy atom. The Balaban J connectivity index is 1.35. The average Bonchev–Trinajstić information content (AvgIpc) is 3.54. The van der Waals surface area contributed by atoms with Gasteiger partial charge in [0.15, 0.2) is 0 Å². The van der Waals surface area contributed by atoms with E-state index in [0.29, 0.717) is 63.9 Å². The Bertz CT molecular complexity index is 1630. The van der Waals surface area contributed by atoms with Gasteiger partial charge in [0.2, 0.25) is 0 Å². The van der Waals surface area contributed by atoms with Gasteiger partial charge in [-0.25, -0.2) is 9.37 Å². The van der Waals surface area contributed by atoms with Crippen molar-refractivity contribution < 1.29 is 13.6 Å². The highest BCUT2D eigenvalue weighted by Crippen LogP contribution is 2.35. The molecule has 0 bridgehead atoms. The Hall–Kier alpha value is -3.96. The molecule has 5 heterocycles. The molecule has 0 spiro atoms. The maximum atomic E-state index is 14.4. The fourth-order valence-corrected chi connectivity index (χ4v) is 5.89. The largest absolute Gasteiger partial charge is 0.467 e. The van der Waals surface area contributed by atoms with Crippen molar-refractivity contribution in [3.05, 3.63) is 99.5 Å². The lowest BCUT2D eigenvalue weighted by Gasteiger charge is -2.37. The van der Waals surface area contributed by atoms with Crippen molar-refractivity contribution in [3.8, 4) is 0 Å². The molecule has 1 amide bonds. The van der Waals surface area contributed by atoms with Gasteiger partial charge in [-0.05, 0) is 42.5 Å². The lowest BCUT2D eigenvalue weighted by molar-refractivity contribution is -0.122. The lowest BCUT2D eigenvalue weighted by atomic mass is 10.2. The second-order valence-electron chi connectivity index (χ2n) is 8.86. The number of aromatic nitrogens is 2. The maximum Gasteiger partial charge on any atom is 0.267 e. The lowest BCUT2D eigenvalue weighted by Crippen LogP contribution is -2.47. The third-order valence-electron chi connectivity index (χ3n) is 6.56. The summed E-state index contributed by atoms with van der Waals surface area (Å²) in [6.07, 6.45) is 4.79. The van der Waals surface area contributed by atoms with Crippen LogP contribution in [0.15, 0.2) is 81.2 Å². The fourth-order valence-electron chi connectivity index (χ4n) is 4.65. The van der Waals surface area contributed by atoms with E-state index in [0.717, 1.165) is 11.8 Å².